The van der Waals surface area contributed by atoms with Crippen LogP contribution in [-0.4, -0.2) is 40.5 Å². The zero-order chi connectivity index (χ0) is 13.4. The molecule has 0 spiro atoms. The molecule has 0 heterocycles. The molecule has 18 heavy (non-hydrogen) atoms. The molecular weight excluding hydrogens is 230 g/mol. The fourth-order valence-electron chi connectivity index (χ4n) is 1.81. The number of benzene rings is 1. The minimum atomic E-state index is 0.371. The lowest BCUT2D eigenvalue weighted by molar-refractivity contribution is 0.172. The molecule has 1 rings (SSSR count). The van der Waals surface area contributed by atoms with Crippen molar-refractivity contribution >= 4 is 0 Å². The maximum absolute atomic E-state index is 5.28. The highest BCUT2D eigenvalue weighted by Gasteiger charge is 2.05. The van der Waals surface area contributed by atoms with Gasteiger partial charge in [-0.3, -0.25) is 0 Å². The predicted octanol–water partition coefficient (Wildman–Crippen LogP) is 1.87. The van der Waals surface area contributed by atoms with Gasteiger partial charge in [-0.1, -0.05) is 6.07 Å². The molecule has 0 aromatic heterocycles. The Kier molecular flexibility index (Phi) is 6.54. The third-order valence-electron chi connectivity index (χ3n) is 2.77. The number of rotatable bonds is 8. The van der Waals surface area contributed by atoms with Crippen molar-refractivity contribution in [1.29, 1.82) is 0 Å². The zero-order valence-corrected chi connectivity index (χ0v) is 11.7. The minimum absolute atomic E-state index is 0.371. The number of nitrogens with one attached hydrogen (secondary N) is 1. The van der Waals surface area contributed by atoms with Crippen molar-refractivity contribution in [2.75, 3.05) is 34.5 Å². The highest BCUT2D eigenvalue weighted by atomic mass is 16.5. The van der Waals surface area contributed by atoms with E-state index in [1.54, 1.807) is 21.3 Å². The fourth-order valence-corrected chi connectivity index (χ4v) is 1.81. The maximum atomic E-state index is 5.28. The van der Waals surface area contributed by atoms with Crippen molar-refractivity contribution in [3.8, 4) is 11.5 Å². The summed E-state index contributed by atoms with van der Waals surface area (Å²) in [5, 5.41) is 3.40. The first-order chi connectivity index (χ1) is 8.71. The molecule has 1 atom stereocenters. The number of hydrogen-bond acceptors (Lipinski definition) is 4. The Balaban J connectivity index is 2.47. The molecule has 0 aliphatic heterocycles. The molecule has 0 saturated carbocycles. The average molecular weight is 253 g/mol. The van der Waals surface area contributed by atoms with E-state index in [-0.39, 0.29) is 0 Å². The van der Waals surface area contributed by atoms with Crippen molar-refractivity contribution in [2.45, 2.75) is 19.4 Å². The van der Waals surface area contributed by atoms with Crippen LogP contribution in [0.5, 0.6) is 11.5 Å². The monoisotopic (exact) mass is 253 g/mol. The van der Waals surface area contributed by atoms with E-state index < -0.39 is 0 Å². The second-order valence-electron chi connectivity index (χ2n) is 4.25. The lowest BCUT2D eigenvalue weighted by atomic mass is 10.1. The van der Waals surface area contributed by atoms with Crippen molar-refractivity contribution in [3.05, 3.63) is 23.8 Å². The third-order valence-corrected chi connectivity index (χ3v) is 2.77. The minimum Gasteiger partial charge on any atom is -0.493 e. The molecule has 0 aliphatic carbocycles. The van der Waals surface area contributed by atoms with Crippen LogP contribution in [0.25, 0.3) is 0 Å². The predicted molar refractivity (Wildman–Crippen MR) is 72.6 cm³/mol. The summed E-state index contributed by atoms with van der Waals surface area (Å²) in [5.41, 5.74) is 1.23. The molecule has 1 N–H and O–H groups in total. The van der Waals surface area contributed by atoms with Gasteiger partial charge in [0.25, 0.3) is 0 Å². The summed E-state index contributed by atoms with van der Waals surface area (Å²) >= 11 is 0. The van der Waals surface area contributed by atoms with Crippen LogP contribution in [0.4, 0.5) is 0 Å². The summed E-state index contributed by atoms with van der Waals surface area (Å²) in [6.45, 7) is 3.75. The van der Waals surface area contributed by atoms with Gasteiger partial charge in [0.2, 0.25) is 0 Å². The fraction of sp³-hybridized carbons (Fsp3) is 0.571. The van der Waals surface area contributed by atoms with E-state index in [2.05, 4.69) is 18.3 Å². The summed E-state index contributed by atoms with van der Waals surface area (Å²) in [7, 11) is 5.01. The SMILES string of the molecule is COCC(C)NCCc1ccc(OC)c(OC)c1. The molecule has 0 bridgehead atoms. The van der Waals surface area contributed by atoms with Gasteiger partial charge in [-0.25, -0.2) is 0 Å². The van der Waals surface area contributed by atoms with Crippen LogP contribution in [0.2, 0.25) is 0 Å². The first-order valence-electron chi connectivity index (χ1n) is 6.14. The average Bonchev–Trinajstić information content (AvgIpc) is 2.38. The standard InChI is InChI=1S/C14H23NO3/c1-11(10-16-2)15-8-7-12-5-6-13(17-3)14(9-12)18-4/h5-6,9,11,15H,7-8,10H2,1-4H3. The van der Waals surface area contributed by atoms with Crippen LogP contribution in [0.3, 0.4) is 0 Å². The van der Waals surface area contributed by atoms with Crippen LogP contribution >= 0.6 is 0 Å². The van der Waals surface area contributed by atoms with E-state index in [0.29, 0.717) is 6.04 Å². The zero-order valence-electron chi connectivity index (χ0n) is 11.7. The molecule has 4 heteroatoms. The van der Waals surface area contributed by atoms with Gasteiger partial charge in [-0.15, -0.1) is 0 Å². The summed E-state index contributed by atoms with van der Waals surface area (Å²) in [6.07, 6.45) is 0.953. The quantitative estimate of drug-likeness (QED) is 0.768. The number of hydrogen-bond donors (Lipinski definition) is 1. The summed E-state index contributed by atoms with van der Waals surface area (Å²) in [4.78, 5) is 0. The van der Waals surface area contributed by atoms with Gasteiger partial charge in [0.15, 0.2) is 11.5 Å². The first kappa shape index (κ1) is 14.8. The summed E-state index contributed by atoms with van der Waals surface area (Å²) in [5.74, 6) is 1.54. The van der Waals surface area contributed by atoms with Crippen molar-refractivity contribution in [3.63, 3.8) is 0 Å². The van der Waals surface area contributed by atoms with Gasteiger partial charge in [-0.05, 0) is 37.6 Å². The largest absolute Gasteiger partial charge is 0.493 e. The second-order valence-corrected chi connectivity index (χ2v) is 4.25. The molecule has 1 aromatic rings. The molecule has 0 radical (unpaired) electrons. The van der Waals surface area contributed by atoms with E-state index in [0.717, 1.165) is 31.1 Å². The normalized spacial score (nSPS) is 12.2. The van der Waals surface area contributed by atoms with Gasteiger partial charge in [0.05, 0.1) is 20.8 Å². The molecule has 1 aromatic carbocycles. The van der Waals surface area contributed by atoms with Crippen LogP contribution in [0.15, 0.2) is 18.2 Å². The van der Waals surface area contributed by atoms with Gasteiger partial charge < -0.3 is 19.5 Å². The smallest absolute Gasteiger partial charge is 0.160 e. The Morgan fingerprint density at radius 2 is 1.83 bits per heavy atom. The van der Waals surface area contributed by atoms with Crippen molar-refractivity contribution in [2.24, 2.45) is 0 Å². The molecule has 0 aliphatic rings. The van der Waals surface area contributed by atoms with Crippen molar-refractivity contribution < 1.29 is 14.2 Å². The highest BCUT2D eigenvalue weighted by molar-refractivity contribution is 5.42. The Morgan fingerprint density at radius 3 is 2.44 bits per heavy atom. The van der Waals surface area contributed by atoms with E-state index in [9.17, 15) is 0 Å². The van der Waals surface area contributed by atoms with Crippen LogP contribution in [0, 0.1) is 0 Å². The van der Waals surface area contributed by atoms with Gasteiger partial charge in [0, 0.05) is 13.2 Å². The Bertz CT molecular complexity index is 355. The molecule has 0 saturated heterocycles. The van der Waals surface area contributed by atoms with E-state index in [1.807, 2.05) is 12.1 Å². The maximum Gasteiger partial charge on any atom is 0.160 e. The lowest BCUT2D eigenvalue weighted by Crippen LogP contribution is -2.31. The van der Waals surface area contributed by atoms with Gasteiger partial charge in [-0.2, -0.15) is 0 Å². The third kappa shape index (κ3) is 4.55. The van der Waals surface area contributed by atoms with Crippen molar-refractivity contribution in [1.82, 2.24) is 5.32 Å². The number of methoxy groups -OCH3 is 3. The Morgan fingerprint density at radius 1 is 1.11 bits per heavy atom. The van der Waals surface area contributed by atoms with Crippen LogP contribution < -0.4 is 14.8 Å². The first-order valence-corrected chi connectivity index (χ1v) is 6.14. The van der Waals surface area contributed by atoms with Gasteiger partial charge >= 0.3 is 0 Å². The second kappa shape index (κ2) is 7.95. The molecule has 102 valence electrons. The Hall–Kier alpha value is -1.26. The Labute approximate surface area is 109 Å². The van der Waals surface area contributed by atoms with Crippen LogP contribution in [-0.2, 0) is 11.2 Å². The topological polar surface area (TPSA) is 39.7 Å². The summed E-state index contributed by atoms with van der Waals surface area (Å²) in [6, 6.07) is 6.38. The van der Waals surface area contributed by atoms with E-state index >= 15 is 0 Å². The number of ether oxygens (including phenoxy) is 3. The molecule has 0 fully saturated rings. The molecule has 4 nitrogen and oxygen atoms in total. The van der Waals surface area contributed by atoms with Crippen LogP contribution in [0.1, 0.15) is 12.5 Å². The van der Waals surface area contributed by atoms with Gasteiger partial charge in [0.1, 0.15) is 0 Å². The summed E-state index contributed by atoms with van der Waals surface area (Å²) < 4.78 is 15.6. The molecule has 0 amide bonds. The lowest BCUT2D eigenvalue weighted by Gasteiger charge is -2.13. The highest BCUT2D eigenvalue weighted by Crippen LogP contribution is 2.27. The van der Waals surface area contributed by atoms with E-state index in [1.165, 1.54) is 5.56 Å². The molecule has 1 unspecified atom stereocenters. The van der Waals surface area contributed by atoms with E-state index in [4.69, 9.17) is 14.2 Å². The molecular formula is C14H23NO3.